The molecule has 0 aromatic rings. The van der Waals surface area contributed by atoms with E-state index in [9.17, 15) is 18.0 Å². The van der Waals surface area contributed by atoms with Gasteiger partial charge in [0.1, 0.15) is 0 Å². The molecule has 0 saturated heterocycles. The number of alkyl halides is 3. The molecule has 1 N–H and O–H groups in total. The highest BCUT2D eigenvalue weighted by Crippen LogP contribution is 2.21. The summed E-state index contributed by atoms with van der Waals surface area (Å²) in [7, 11) is 1.45. The van der Waals surface area contributed by atoms with E-state index in [-0.39, 0.29) is 19.5 Å². The topological polar surface area (TPSA) is 49.8 Å². The summed E-state index contributed by atoms with van der Waals surface area (Å²) < 4.78 is 40.3. The summed E-state index contributed by atoms with van der Waals surface area (Å²) in [6, 6.07) is 0. The molecule has 7 heteroatoms. The molecule has 0 aromatic carbocycles. The van der Waals surface area contributed by atoms with E-state index in [1.165, 1.54) is 12.0 Å². The third-order valence-corrected chi connectivity index (χ3v) is 1.91. The molecule has 0 rings (SSSR count). The largest absolute Gasteiger partial charge is 0.480 e. The van der Waals surface area contributed by atoms with Crippen LogP contribution in [0, 0.1) is 0 Å². The first-order chi connectivity index (χ1) is 7.35. The SMILES string of the molecule is COCCN(CCCC(F)(F)F)CC(=O)O. The van der Waals surface area contributed by atoms with Gasteiger partial charge < -0.3 is 9.84 Å². The second kappa shape index (κ2) is 7.45. The Balaban J connectivity index is 3.86. The second-order valence-corrected chi connectivity index (χ2v) is 3.38. The zero-order chi connectivity index (χ0) is 12.6. The average Bonchev–Trinajstić information content (AvgIpc) is 2.11. The van der Waals surface area contributed by atoms with Gasteiger partial charge in [-0.05, 0) is 13.0 Å². The maximum atomic E-state index is 11.9. The number of aliphatic carboxylic acids is 1. The molecule has 0 spiro atoms. The van der Waals surface area contributed by atoms with Crippen molar-refractivity contribution in [3.8, 4) is 0 Å². The number of hydrogen-bond donors (Lipinski definition) is 1. The Morgan fingerprint density at radius 1 is 1.38 bits per heavy atom. The molecule has 0 radical (unpaired) electrons. The molecule has 0 aromatic heterocycles. The van der Waals surface area contributed by atoms with Gasteiger partial charge in [0.2, 0.25) is 0 Å². The molecular formula is C9H16F3NO3. The number of carbonyl (C=O) groups is 1. The van der Waals surface area contributed by atoms with E-state index in [0.29, 0.717) is 13.2 Å². The molecule has 0 atom stereocenters. The smallest absolute Gasteiger partial charge is 0.389 e. The summed E-state index contributed by atoms with van der Waals surface area (Å²) in [5, 5.41) is 8.54. The number of ether oxygens (including phenoxy) is 1. The minimum absolute atomic E-state index is 0.0967. The molecule has 0 aliphatic rings. The van der Waals surface area contributed by atoms with Gasteiger partial charge in [-0.3, -0.25) is 9.69 Å². The second-order valence-electron chi connectivity index (χ2n) is 3.38. The van der Waals surface area contributed by atoms with Gasteiger partial charge in [0.15, 0.2) is 0 Å². The number of rotatable bonds is 8. The van der Waals surface area contributed by atoms with Crippen molar-refractivity contribution < 1.29 is 27.8 Å². The van der Waals surface area contributed by atoms with Crippen molar-refractivity contribution in [2.24, 2.45) is 0 Å². The number of halogens is 3. The van der Waals surface area contributed by atoms with Gasteiger partial charge in [0.05, 0.1) is 13.2 Å². The summed E-state index contributed by atoms with van der Waals surface area (Å²) in [6.45, 7) is 0.469. The molecule has 0 aliphatic carbocycles. The quantitative estimate of drug-likeness (QED) is 0.699. The highest BCUT2D eigenvalue weighted by atomic mass is 19.4. The Labute approximate surface area is 92.0 Å². The number of carboxylic acid groups (broad SMARTS) is 1. The van der Waals surface area contributed by atoms with Gasteiger partial charge in [-0.15, -0.1) is 0 Å². The first-order valence-electron chi connectivity index (χ1n) is 4.85. The molecule has 4 nitrogen and oxygen atoms in total. The normalized spacial score (nSPS) is 12.1. The van der Waals surface area contributed by atoms with Crippen molar-refractivity contribution in [3.05, 3.63) is 0 Å². The fraction of sp³-hybridized carbons (Fsp3) is 0.889. The van der Waals surface area contributed by atoms with E-state index in [1.54, 1.807) is 0 Å². The van der Waals surface area contributed by atoms with Gasteiger partial charge in [-0.25, -0.2) is 0 Å². The monoisotopic (exact) mass is 243 g/mol. The Morgan fingerprint density at radius 2 is 2.00 bits per heavy atom. The van der Waals surface area contributed by atoms with E-state index in [0.717, 1.165) is 0 Å². The van der Waals surface area contributed by atoms with Crippen molar-refractivity contribution in [1.82, 2.24) is 4.90 Å². The number of hydrogen-bond acceptors (Lipinski definition) is 3. The zero-order valence-corrected chi connectivity index (χ0v) is 9.09. The Morgan fingerprint density at radius 3 is 2.44 bits per heavy atom. The molecule has 96 valence electrons. The van der Waals surface area contributed by atoms with Crippen molar-refractivity contribution in [1.29, 1.82) is 0 Å². The third-order valence-electron chi connectivity index (χ3n) is 1.91. The zero-order valence-electron chi connectivity index (χ0n) is 9.09. The molecule has 0 heterocycles. The highest BCUT2D eigenvalue weighted by Gasteiger charge is 2.26. The first kappa shape index (κ1) is 15.2. The Kier molecular flexibility index (Phi) is 7.07. The summed E-state index contributed by atoms with van der Waals surface area (Å²) in [6.07, 6.45) is -5.17. The lowest BCUT2D eigenvalue weighted by molar-refractivity contribution is -0.139. The number of nitrogens with zero attached hydrogens (tertiary/aromatic N) is 1. The van der Waals surface area contributed by atoms with Gasteiger partial charge in [-0.1, -0.05) is 0 Å². The van der Waals surface area contributed by atoms with Crippen LogP contribution in [0.15, 0.2) is 0 Å². The molecule has 0 aliphatic heterocycles. The van der Waals surface area contributed by atoms with E-state index in [2.05, 4.69) is 0 Å². The maximum absolute atomic E-state index is 11.9. The van der Waals surface area contributed by atoms with Crippen molar-refractivity contribution in [2.45, 2.75) is 19.0 Å². The van der Waals surface area contributed by atoms with Crippen LogP contribution in [-0.4, -0.2) is 55.5 Å². The molecule has 0 fully saturated rings. The molecular weight excluding hydrogens is 227 g/mol. The molecule has 0 unspecified atom stereocenters. The van der Waals surface area contributed by atoms with Crippen LogP contribution in [0.2, 0.25) is 0 Å². The fourth-order valence-corrected chi connectivity index (χ4v) is 1.18. The fourth-order valence-electron chi connectivity index (χ4n) is 1.18. The standard InChI is InChI=1S/C9H16F3NO3/c1-16-6-5-13(7-8(14)15)4-2-3-9(10,11)12/h2-7H2,1H3,(H,14,15). The summed E-state index contributed by atoms with van der Waals surface area (Å²) in [5.41, 5.74) is 0. The van der Waals surface area contributed by atoms with Crippen LogP contribution in [0.25, 0.3) is 0 Å². The third kappa shape index (κ3) is 9.72. The minimum Gasteiger partial charge on any atom is -0.480 e. The van der Waals surface area contributed by atoms with Crippen molar-refractivity contribution in [3.63, 3.8) is 0 Å². The van der Waals surface area contributed by atoms with Gasteiger partial charge >= 0.3 is 12.1 Å². The summed E-state index contributed by atoms with van der Waals surface area (Å²) in [5.74, 6) is -1.05. The van der Waals surface area contributed by atoms with Crippen LogP contribution >= 0.6 is 0 Å². The lowest BCUT2D eigenvalue weighted by atomic mass is 10.3. The molecule has 0 bridgehead atoms. The lowest BCUT2D eigenvalue weighted by Gasteiger charge is -2.19. The predicted octanol–water partition coefficient (Wildman–Crippen LogP) is 1.36. The van der Waals surface area contributed by atoms with Crippen molar-refractivity contribution >= 4 is 5.97 Å². The molecule has 0 saturated carbocycles. The lowest BCUT2D eigenvalue weighted by Crippen LogP contribution is -2.34. The first-order valence-corrected chi connectivity index (χ1v) is 4.85. The minimum atomic E-state index is -4.18. The summed E-state index contributed by atoms with van der Waals surface area (Å²) >= 11 is 0. The van der Waals surface area contributed by atoms with Gasteiger partial charge in [-0.2, -0.15) is 13.2 Å². The van der Waals surface area contributed by atoms with Crippen LogP contribution in [-0.2, 0) is 9.53 Å². The van der Waals surface area contributed by atoms with E-state index in [1.807, 2.05) is 0 Å². The number of carboxylic acids is 1. The average molecular weight is 243 g/mol. The van der Waals surface area contributed by atoms with E-state index < -0.39 is 18.6 Å². The van der Waals surface area contributed by atoms with Gasteiger partial charge in [0.25, 0.3) is 0 Å². The van der Waals surface area contributed by atoms with E-state index in [4.69, 9.17) is 9.84 Å². The van der Waals surface area contributed by atoms with Crippen LogP contribution in [0.3, 0.4) is 0 Å². The van der Waals surface area contributed by atoms with Crippen LogP contribution < -0.4 is 0 Å². The maximum Gasteiger partial charge on any atom is 0.389 e. The van der Waals surface area contributed by atoms with Gasteiger partial charge in [0, 0.05) is 20.1 Å². The highest BCUT2D eigenvalue weighted by molar-refractivity contribution is 5.69. The number of methoxy groups -OCH3 is 1. The van der Waals surface area contributed by atoms with E-state index >= 15 is 0 Å². The van der Waals surface area contributed by atoms with Crippen LogP contribution in [0.4, 0.5) is 13.2 Å². The Bertz CT molecular complexity index is 209. The predicted molar refractivity (Wildman–Crippen MR) is 51.2 cm³/mol. The van der Waals surface area contributed by atoms with Crippen molar-refractivity contribution in [2.75, 3.05) is 33.4 Å². The molecule has 16 heavy (non-hydrogen) atoms. The van der Waals surface area contributed by atoms with Crippen LogP contribution in [0.5, 0.6) is 0 Å². The molecule has 0 amide bonds. The summed E-state index contributed by atoms with van der Waals surface area (Å²) in [4.78, 5) is 11.9. The van der Waals surface area contributed by atoms with Crippen LogP contribution in [0.1, 0.15) is 12.8 Å². The Hall–Kier alpha value is -0.820.